The van der Waals surface area contributed by atoms with Gasteiger partial charge in [-0.2, -0.15) is 0 Å². The molecule has 1 N–H and O–H groups in total. The van der Waals surface area contributed by atoms with Crippen LogP contribution >= 0.6 is 0 Å². The van der Waals surface area contributed by atoms with Crippen LogP contribution < -0.4 is 10.2 Å². The van der Waals surface area contributed by atoms with E-state index in [4.69, 9.17) is 4.74 Å². The van der Waals surface area contributed by atoms with Gasteiger partial charge in [-0.25, -0.2) is 4.79 Å². The number of carbonyl (C=O) groups excluding carboxylic acids is 3. The molecule has 0 spiro atoms. The van der Waals surface area contributed by atoms with Crippen molar-refractivity contribution in [2.45, 2.75) is 20.8 Å². The number of methoxy groups -OCH3 is 1. The molecule has 142 valence electrons. The zero-order valence-electron chi connectivity index (χ0n) is 16.0. The normalized spacial score (nSPS) is 10.8. The Morgan fingerprint density at radius 3 is 2.19 bits per heavy atom. The van der Waals surface area contributed by atoms with E-state index in [1.807, 2.05) is 37.3 Å². The lowest BCUT2D eigenvalue weighted by molar-refractivity contribution is -0.136. The third kappa shape index (κ3) is 4.34. The fourth-order valence-corrected chi connectivity index (χ4v) is 2.64. The standard InChI is InChI=1S/C21H24N2O4/c1-5-23(15-11-7-6-8-12-15)20(26)21(2,3)19(25)22-17-14-10-9-13-16(17)18(24)27-4/h6-14H,5H2,1-4H3,(H,22,25). The highest BCUT2D eigenvalue weighted by atomic mass is 16.5. The first-order valence-corrected chi connectivity index (χ1v) is 8.68. The number of para-hydroxylation sites is 2. The number of amides is 2. The van der Waals surface area contributed by atoms with Crippen molar-refractivity contribution >= 4 is 29.2 Å². The molecule has 27 heavy (non-hydrogen) atoms. The molecule has 0 aliphatic rings. The van der Waals surface area contributed by atoms with E-state index in [9.17, 15) is 14.4 Å². The Kier molecular flexibility index (Phi) is 6.34. The van der Waals surface area contributed by atoms with Gasteiger partial charge in [-0.3, -0.25) is 9.59 Å². The van der Waals surface area contributed by atoms with Gasteiger partial charge < -0.3 is 15.0 Å². The third-order valence-electron chi connectivity index (χ3n) is 4.31. The second kappa shape index (κ2) is 8.49. The Balaban J connectivity index is 2.27. The molecule has 0 aliphatic carbocycles. The Labute approximate surface area is 159 Å². The molecule has 2 aromatic carbocycles. The van der Waals surface area contributed by atoms with Crippen LogP contribution in [0.5, 0.6) is 0 Å². The number of hydrogen-bond acceptors (Lipinski definition) is 4. The van der Waals surface area contributed by atoms with Crippen molar-refractivity contribution in [1.29, 1.82) is 0 Å². The molecule has 0 unspecified atom stereocenters. The molecule has 2 amide bonds. The SMILES string of the molecule is CCN(C(=O)C(C)(C)C(=O)Nc1ccccc1C(=O)OC)c1ccccc1. The maximum Gasteiger partial charge on any atom is 0.339 e. The lowest BCUT2D eigenvalue weighted by Crippen LogP contribution is -2.47. The molecule has 0 heterocycles. The number of nitrogens with one attached hydrogen (secondary N) is 1. The van der Waals surface area contributed by atoms with E-state index in [-0.39, 0.29) is 11.5 Å². The lowest BCUT2D eigenvalue weighted by atomic mass is 9.89. The number of anilines is 2. The van der Waals surface area contributed by atoms with E-state index in [1.165, 1.54) is 7.11 Å². The molecule has 6 nitrogen and oxygen atoms in total. The van der Waals surface area contributed by atoms with Gasteiger partial charge in [0, 0.05) is 12.2 Å². The fraction of sp³-hybridized carbons (Fsp3) is 0.286. The largest absolute Gasteiger partial charge is 0.465 e. The summed E-state index contributed by atoms with van der Waals surface area (Å²) in [6, 6.07) is 15.7. The first-order valence-electron chi connectivity index (χ1n) is 8.68. The minimum absolute atomic E-state index is 0.229. The van der Waals surface area contributed by atoms with Crippen molar-refractivity contribution in [3.8, 4) is 0 Å². The van der Waals surface area contributed by atoms with E-state index < -0.39 is 17.3 Å². The van der Waals surface area contributed by atoms with E-state index in [0.717, 1.165) is 5.69 Å². The average molecular weight is 368 g/mol. The molecule has 0 saturated heterocycles. The smallest absolute Gasteiger partial charge is 0.339 e. The Morgan fingerprint density at radius 2 is 1.59 bits per heavy atom. The van der Waals surface area contributed by atoms with Crippen LogP contribution in [0.2, 0.25) is 0 Å². The van der Waals surface area contributed by atoms with Crippen LogP contribution in [-0.2, 0) is 14.3 Å². The number of rotatable bonds is 6. The van der Waals surface area contributed by atoms with Crippen LogP contribution in [-0.4, -0.2) is 31.4 Å². The van der Waals surface area contributed by atoms with Gasteiger partial charge in [0.1, 0.15) is 5.41 Å². The quantitative estimate of drug-likeness (QED) is 0.625. The zero-order valence-corrected chi connectivity index (χ0v) is 16.0. The van der Waals surface area contributed by atoms with Crippen LogP contribution in [0.1, 0.15) is 31.1 Å². The van der Waals surface area contributed by atoms with Gasteiger partial charge in [-0.15, -0.1) is 0 Å². The Hall–Kier alpha value is -3.15. The molecule has 0 saturated carbocycles. The van der Waals surface area contributed by atoms with Crippen LogP contribution in [0.3, 0.4) is 0 Å². The number of hydrogen-bond donors (Lipinski definition) is 1. The van der Waals surface area contributed by atoms with Crippen LogP contribution in [0.25, 0.3) is 0 Å². The van der Waals surface area contributed by atoms with Crippen LogP contribution in [0.15, 0.2) is 54.6 Å². The lowest BCUT2D eigenvalue weighted by Gasteiger charge is -2.30. The first kappa shape index (κ1) is 20.2. The summed E-state index contributed by atoms with van der Waals surface area (Å²) < 4.78 is 4.74. The predicted octanol–water partition coefficient (Wildman–Crippen LogP) is 3.49. The van der Waals surface area contributed by atoms with Crippen molar-refractivity contribution in [2.75, 3.05) is 23.9 Å². The fourth-order valence-electron chi connectivity index (χ4n) is 2.64. The monoisotopic (exact) mass is 368 g/mol. The number of ether oxygens (including phenoxy) is 1. The summed E-state index contributed by atoms with van der Waals surface area (Å²) in [5.74, 6) is -1.39. The zero-order chi connectivity index (χ0) is 20.0. The van der Waals surface area contributed by atoms with Crippen LogP contribution in [0, 0.1) is 5.41 Å². The average Bonchev–Trinajstić information content (AvgIpc) is 2.69. The van der Waals surface area contributed by atoms with Crippen molar-refractivity contribution < 1.29 is 19.1 Å². The number of carbonyl (C=O) groups is 3. The molecule has 2 aromatic rings. The Morgan fingerprint density at radius 1 is 1.00 bits per heavy atom. The third-order valence-corrected chi connectivity index (χ3v) is 4.31. The summed E-state index contributed by atoms with van der Waals surface area (Å²) in [4.78, 5) is 39.4. The first-order chi connectivity index (χ1) is 12.8. The van der Waals surface area contributed by atoms with Crippen molar-refractivity contribution in [2.24, 2.45) is 5.41 Å². The van der Waals surface area contributed by atoms with Gasteiger partial charge in [0.05, 0.1) is 18.4 Å². The summed E-state index contributed by atoms with van der Waals surface area (Å²) in [7, 11) is 1.27. The van der Waals surface area contributed by atoms with Crippen LogP contribution in [0.4, 0.5) is 11.4 Å². The van der Waals surface area contributed by atoms with Gasteiger partial charge in [0.25, 0.3) is 0 Å². The molecule has 0 fully saturated rings. The van der Waals surface area contributed by atoms with Gasteiger partial charge in [0.2, 0.25) is 11.8 Å². The van der Waals surface area contributed by atoms with E-state index in [2.05, 4.69) is 5.32 Å². The van der Waals surface area contributed by atoms with E-state index in [1.54, 1.807) is 43.0 Å². The predicted molar refractivity (Wildman–Crippen MR) is 105 cm³/mol. The van der Waals surface area contributed by atoms with E-state index in [0.29, 0.717) is 12.2 Å². The van der Waals surface area contributed by atoms with Crippen molar-refractivity contribution in [3.63, 3.8) is 0 Å². The summed E-state index contributed by atoms with van der Waals surface area (Å²) >= 11 is 0. The number of esters is 1. The highest BCUT2D eigenvalue weighted by molar-refractivity contribution is 6.15. The number of nitrogens with zero attached hydrogens (tertiary/aromatic N) is 1. The minimum Gasteiger partial charge on any atom is -0.465 e. The van der Waals surface area contributed by atoms with Gasteiger partial charge >= 0.3 is 5.97 Å². The molecule has 6 heteroatoms. The van der Waals surface area contributed by atoms with E-state index >= 15 is 0 Å². The molecule has 0 aromatic heterocycles. The maximum absolute atomic E-state index is 13.1. The molecule has 2 rings (SSSR count). The van der Waals surface area contributed by atoms with Gasteiger partial charge in [-0.05, 0) is 45.0 Å². The molecule has 0 bridgehead atoms. The highest BCUT2D eigenvalue weighted by Crippen LogP contribution is 2.26. The Bertz CT molecular complexity index is 831. The molecular formula is C21H24N2O4. The minimum atomic E-state index is -1.34. The highest BCUT2D eigenvalue weighted by Gasteiger charge is 2.39. The summed E-state index contributed by atoms with van der Waals surface area (Å²) in [5, 5.41) is 2.69. The van der Waals surface area contributed by atoms with Gasteiger partial charge in [0.15, 0.2) is 0 Å². The second-order valence-electron chi connectivity index (χ2n) is 6.50. The van der Waals surface area contributed by atoms with Crippen molar-refractivity contribution in [1.82, 2.24) is 0 Å². The molecular weight excluding hydrogens is 344 g/mol. The maximum atomic E-state index is 13.1. The molecule has 0 aliphatic heterocycles. The summed E-state index contributed by atoms with van der Waals surface area (Å²) in [6.45, 7) is 5.41. The topological polar surface area (TPSA) is 75.7 Å². The number of benzene rings is 2. The summed E-state index contributed by atoms with van der Waals surface area (Å²) in [6.07, 6.45) is 0. The van der Waals surface area contributed by atoms with Gasteiger partial charge in [-0.1, -0.05) is 30.3 Å². The summed E-state index contributed by atoms with van der Waals surface area (Å²) in [5.41, 5.74) is -0.0828. The van der Waals surface area contributed by atoms with Crippen molar-refractivity contribution in [3.05, 3.63) is 60.2 Å². The molecule has 0 radical (unpaired) electrons. The second-order valence-corrected chi connectivity index (χ2v) is 6.50. The molecule has 0 atom stereocenters.